The van der Waals surface area contributed by atoms with Crippen LogP contribution in [0.1, 0.15) is 31.0 Å². The number of ether oxygens (including phenoxy) is 2. The Kier molecular flexibility index (Phi) is 3.54. The number of aromatic nitrogens is 3. The lowest BCUT2D eigenvalue weighted by Gasteiger charge is -2.43. The summed E-state index contributed by atoms with van der Waals surface area (Å²) < 4.78 is 13.1. The zero-order chi connectivity index (χ0) is 15.9. The first-order chi connectivity index (χ1) is 11.2. The SMILES string of the molecule is N#CC1(C(=O)N2CC[C@@H]3[C@@H](C2)OCc2cnnn23)CCOCC1. The topological polar surface area (TPSA) is 93.3 Å². The standard InChI is InChI=1S/C15H19N5O3/c16-10-15(2-5-22-6-3-15)14(21)19-4-1-12-13(8-19)23-9-11-7-17-18-20(11)12/h7,12-13H,1-6,8-9H2/t12-,13-/m1/s1. The Hall–Kier alpha value is -1.98. The van der Waals surface area contributed by atoms with Crippen molar-refractivity contribution in [3.05, 3.63) is 11.9 Å². The van der Waals surface area contributed by atoms with Crippen molar-refractivity contribution in [1.82, 2.24) is 19.9 Å². The van der Waals surface area contributed by atoms with Crippen LogP contribution in [0, 0.1) is 16.7 Å². The second-order valence-corrected chi connectivity index (χ2v) is 6.43. The maximum atomic E-state index is 12.9. The van der Waals surface area contributed by atoms with E-state index < -0.39 is 5.41 Å². The second kappa shape index (κ2) is 5.58. The van der Waals surface area contributed by atoms with Gasteiger partial charge in [0.05, 0.1) is 36.7 Å². The van der Waals surface area contributed by atoms with Crippen molar-refractivity contribution in [3.8, 4) is 6.07 Å². The first kappa shape index (κ1) is 14.6. The van der Waals surface area contributed by atoms with Gasteiger partial charge in [-0.1, -0.05) is 5.21 Å². The fraction of sp³-hybridized carbons (Fsp3) is 0.733. The summed E-state index contributed by atoms with van der Waals surface area (Å²) >= 11 is 0. The average molecular weight is 317 g/mol. The van der Waals surface area contributed by atoms with Crippen molar-refractivity contribution in [3.63, 3.8) is 0 Å². The molecule has 0 spiro atoms. The minimum Gasteiger partial charge on any atom is -0.381 e. The van der Waals surface area contributed by atoms with Gasteiger partial charge in [0.25, 0.3) is 0 Å². The maximum absolute atomic E-state index is 12.9. The number of likely N-dealkylation sites (tertiary alicyclic amines) is 1. The van der Waals surface area contributed by atoms with Crippen molar-refractivity contribution in [1.29, 1.82) is 5.26 Å². The highest BCUT2D eigenvalue weighted by atomic mass is 16.5. The number of rotatable bonds is 1. The first-order valence-electron chi connectivity index (χ1n) is 8.02. The Morgan fingerprint density at radius 1 is 1.43 bits per heavy atom. The molecule has 23 heavy (non-hydrogen) atoms. The highest BCUT2D eigenvalue weighted by Gasteiger charge is 2.46. The molecular formula is C15H19N5O3. The lowest BCUT2D eigenvalue weighted by Crippen LogP contribution is -2.54. The number of hydrogen-bond acceptors (Lipinski definition) is 6. The Balaban J connectivity index is 1.51. The summed E-state index contributed by atoms with van der Waals surface area (Å²) in [7, 11) is 0. The van der Waals surface area contributed by atoms with Crippen molar-refractivity contribution >= 4 is 5.91 Å². The van der Waals surface area contributed by atoms with E-state index in [-0.39, 0.29) is 18.1 Å². The molecule has 0 aliphatic carbocycles. The molecule has 8 heteroatoms. The molecule has 0 N–H and O–H groups in total. The van der Waals surface area contributed by atoms with Gasteiger partial charge >= 0.3 is 0 Å². The Morgan fingerprint density at radius 2 is 2.26 bits per heavy atom. The van der Waals surface area contributed by atoms with E-state index in [1.807, 2.05) is 4.68 Å². The maximum Gasteiger partial charge on any atom is 0.243 e. The van der Waals surface area contributed by atoms with Gasteiger partial charge in [-0.3, -0.25) is 4.79 Å². The van der Waals surface area contributed by atoms with E-state index in [4.69, 9.17) is 9.47 Å². The van der Waals surface area contributed by atoms with Gasteiger partial charge in [-0.25, -0.2) is 4.68 Å². The van der Waals surface area contributed by atoms with Gasteiger partial charge in [0.15, 0.2) is 0 Å². The summed E-state index contributed by atoms with van der Waals surface area (Å²) in [6, 6.07) is 2.38. The third-order valence-corrected chi connectivity index (χ3v) is 5.19. The third-order valence-electron chi connectivity index (χ3n) is 5.19. The van der Waals surface area contributed by atoms with Crippen molar-refractivity contribution < 1.29 is 14.3 Å². The zero-order valence-corrected chi connectivity index (χ0v) is 12.8. The molecule has 1 amide bonds. The van der Waals surface area contributed by atoms with Crippen LogP contribution in [0.25, 0.3) is 0 Å². The Bertz CT molecular complexity index is 646. The summed E-state index contributed by atoms with van der Waals surface area (Å²) in [4.78, 5) is 14.7. The molecule has 0 bridgehead atoms. The zero-order valence-electron chi connectivity index (χ0n) is 12.8. The van der Waals surface area contributed by atoms with E-state index in [0.29, 0.717) is 45.8 Å². The monoisotopic (exact) mass is 317 g/mol. The molecule has 4 heterocycles. The van der Waals surface area contributed by atoms with Crippen molar-refractivity contribution in [2.45, 2.75) is 38.0 Å². The van der Waals surface area contributed by atoms with Crippen LogP contribution < -0.4 is 0 Å². The molecule has 4 rings (SSSR count). The number of amides is 1. The molecule has 0 saturated carbocycles. The van der Waals surface area contributed by atoms with Crippen LogP contribution in [0.5, 0.6) is 0 Å². The Morgan fingerprint density at radius 3 is 3.04 bits per heavy atom. The highest BCUT2D eigenvalue weighted by Crippen LogP contribution is 2.36. The van der Waals surface area contributed by atoms with Crippen LogP contribution in [0.3, 0.4) is 0 Å². The van der Waals surface area contributed by atoms with Gasteiger partial charge < -0.3 is 14.4 Å². The van der Waals surface area contributed by atoms with Crippen LogP contribution in [-0.4, -0.2) is 58.2 Å². The molecule has 3 aliphatic rings. The lowest BCUT2D eigenvalue weighted by molar-refractivity contribution is -0.151. The molecule has 0 radical (unpaired) electrons. The number of piperidine rings is 1. The predicted molar refractivity (Wildman–Crippen MR) is 76.9 cm³/mol. The third kappa shape index (κ3) is 2.31. The first-order valence-corrected chi connectivity index (χ1v) is 8.02. The number of nitrogens with zero attached hydrogens (tertiary/aromatic N) is 5. The van der Waals surface area contributed by atoms with E-state index in [9.17, 15) is 10.1 Å². The fourth-order valence-corrected chi connectivity index (χ4v) is 3.77. The molecule has 1 aromatic rings. The molecule has 3 aliphatic heterocycles. The summed E-state index contributed by atoms with van der Waals surface area (Å²) in [6.07, 6.45) is 3.35. The van der Waals surface area contributed by atoms with Gasteiger partial charge in [0, 0.05) is 26.3 Å². The van der Waals surface area contributed by atoms with Gasteiger partial charge in [-0.15, -0.1) is 5.10 Å². The minimum absolute atomic E-state index is 0.0743. The number of nitriles is 1. The van der Waals surface area contributed by atoms with Crippen LogP contribution in [-0.2, 0) is 20.9 Å². The summed E-state index contributed by atoms with van der Waals surface area (Å²) in [5.74, 6) is -0.0743. The summed E-state index contributed by atoms with van der Waals surface area (Å²) in [5, 5.41) is 17.7. The lowest BCUT2D eigenvalue weighted by atomic mass is 9.79. The van der Waals surface area contributed by atoms with E-state index in [0.717, 1.165) is 12.1 Å². The molecular weight excluding hydrogens is 298 g/mol. The molecule has 2 fully saturated rings. The van der Waals surface area contributed by atoms with Gasteiger partial charge in [-0.05, 0) is 19.3 Å². The summed E-state index contributed by atoms with van der Waals surface area (Å²) in [6.45, 7) is 2.53. The van der Waals surface area contributed by atoms with Gasteiger partial charge in [-0.2, -0.15) is 5.26 Å². The molecule has 0 unspecified atom stereocenters. The molecule has 0 aromatic carbocycles. The minimum atomic E-state index is -0.932. The van der Waals surface area contributed by atoms with E-state index in [1.165, 1.54) is 0 Å². The molecule has 8 nitrogen and oxygen atoms in total. The van der Waals surface area contributed by atoms with Crippen LogP contribution in [0.15, 0.2) is 6.20 Å². The van der Waals surface area contributed by atoms with Gasteiger partial charge in [0.2, 0.25) is 5.91 Å². The highest BCUT2D eigenvalue weighted by molar-refractivity contribution is 5.85. The molecule has 2 saturated heterocycles. The molecule has 122 valence electrons. The van der Waals surface area contributed by atoms with Crippen molar-refractivity contribution in [2.24, 2.45) is 5.41 Å². The quantitative estimate of drug-likeness (QED) is 0.738. The molecule has 1 aromatic heterocycles. The van der Waals surface area contributed by atoms with E-state index in [2.05, 4.69) is 16.4 Å². The number of carbonyl (C=O) groups is 1. The fourth-order valence-electron chi connectivity index (χ4n) is 3.77. The number of carbonyl (C=O) groups excluding carboxylic acids is 1. The van der Waals surface area contributed by atoms with Gasteiger partial charge in [0.1, 0.15) is 5.41 Å². The Labute approximate surface area is 133 Å². The van der Waals surface area contributed by atoms with E-state index >= 15 is 0 Å². The molecule has 2 atom stereocenters. The van der Waals surface area contributed by atoms with Crippen LogP contribution >= 0.6 is 0 Å². The predicted octanol–water partition coefficient (Wildman–Crippen LogP) is 0.271. The summed E-state index contributed by atoms with van der Waals surface area (Å²) in [5.41, 5.74) is 0.0435. The van der Waals surface area contributed by atoms with E-state index in [1.54, 1.807) is 11.1 Å². The number of fused-ring (bicyclic) bond motifs is 3. The smallest absolute Gasteiger partial charge is 0.243 e. The van der Waals surface area contributed by atoms with Crippen LogP contribution in [0.4, 0.5) is 0 Å². The van der Waals surface area contributed by atoms with Crippen LogP contribution in [0.2, 0.25) is 0 Å². The normalized spacial score (nSPS) is 29.3. The second-order valence-electron chi connectivity index (χ2n) is 6.43. The number of hydrogen-bond donors (Lipinski definition) is 0. The average Bonchev–Trinajstić information content (AvgIpc) is 3.10. The largest absolute Gasteiger partial charge is 0.381 e. The van der Waals surface area contributed by atoms with Crippen molar-refractivity contribution in [2.75, 3.05) is 26.3 Å².